The molecule has 3 atom stereocenters. The molecule has 0 aliphatic carbocycles. The zero-order valence-electron chi connectivity index (χ0n) is 8.29. The average Bonchev–Trinajstić information content (AvgIpc) is 2.72. The van der Waals surface area contributed by atoms with Crippen molar-refractivity contribution in [1.82, 2.24) is 5.32 Å². The van der Waals surface area contributed by atoms with Gasteiger partial charge >= 0.3 is 0 Å². The number of thioether (sulfide) groups is 1. The van der Waals surface area contributed by atoms with Gasteiger partial charge in [0, 0.05) is 24.4 Å². The standard InChI is InChI=1S/C10H19NOS/c1-8-10(4-5-12-8)11-7-9-3-2-6-13-9/h8-11H,2-7H2,1H3. The van der Waals surface area contributed by atoms with E-state index in [0.717, 1.165) is 11.9 Å². The van der Waals surface area contributed by atoms with Gasteiger partial charge in [0.15, 0.2) is 0 Å². The van der Waals surface area contributed by atoms with Crippen molar-refractivity contribution in [3.05, 3.63) is 0 Å². The van der Waals surface area contributed by atoms with Gasteiger partial charge in [-0.15, -0.1) is 0 Å². The molecular formula is C10H19NOS. The van der Waals surface area contributed by atoms with Crippen molar-refractivity contribution in [3.63, 3.8) is 0 Å². The number of ether oxygens (including phenoxy) is 1. The maximum Gasteiger partial charge on any atom is 0.0700 e. The summed E-state index contributed by atoms with van der Waals surface area (Å²) in [5, 5.41) is 4.50. The van der Waals surface area contributed by atoms with E-state index < -0.39 is 0 Å². The Morgan fingerprint density at radius 1 is 1.46 bits per heavy atom. The lowest BCUT2D eigenvalue weighted by Gasteiger charge is -2.18. The molecule has 76 valence electrons. The Labute approximate surface area is 84.8 Å². The molecule has 2 rings (SSSR count). The molecule has 0 saturated carbocycles. The molecule has 2 aliphatic heterocycles. The van der Waals surface area contributed by atoms with Crippen LogP contribution in [0.3, 0.4) is 0 Å². The summed E-state index contributed by atoms with van der Waals surface area (Å²) < 4.78 is 5.51. The normalized spacial score (nSPS) is 39.9. The van der Waals surface area contributed by atoms with Gasteiger partial charge in [-0.1, -0.05) is 0 Å². The van der Waals surface area contributed by atoms with Crippen LogP contribution >= 0.6 is 11.8 Å². The Bertz CT molecular complexity index is 159. The maximum absolute atomic E-state index is 5.51. The largest absolute Gasteiger partial charge is 0.377 e. The molecule has 0 aromatic rings. The minimum absolute atomic E-state index is 0.423. The van der Waals surface area contributed by atoms with E-state index >= 15 is 0 Å². The highest BCUT2D eigenvalue weighted by atomic mass is 32.2. The Morgan fingerprint density at radius 2 is 2.38 bits per heavy atom. The SMILES string of the molecule is CC1OCCC1NCC1CCCS1. The van der Waals surface area contributed by atoms with Crippen molar-refractivity contribution in [3.8, 4) is 0 Å². The second kappa shape index (κ2) is 4.67. The molecule has 3 heteroatoms. The molecular weight excluding hydrogens is 182 g/mol. The lowest BCUT2D eigenvalue weighted by atomic mass is 10.1. The van der Waals surface area contributed by atoms with Gasteiger partial charge in [0.2, 0.25) is 0 Å². The lowest BCUT2D eigenvalue weighted by molar-refractivity contribution is 0.113. The molecule has 0 bridgehead atoms. The first-order chi connectivity index (χ1) is 6.36. The number of hydrogen-bond donors (Lipinski definition) is 1. The summed E-state index contributed by atoms with van der Waals surface area (Å²) in [5.41, 5.74) is 0. The first-order valence-corrected chi connectivity index (χ1v) is 6.38. The molecule has 13 heavy (non-hydrogen) atoms. The van der Waals surface area contributed by atoms with Gasteiger partial charge in [0.25, 0.3) is 0 Å². The van der Waals surface area contributed by atoms with Crippen LogP contribution in [0.4, 0.5) is 0 Å². The first kappa shape index (κ1) is 9.81. The van der Waals surface area contributed by atoms with Crippen LogP contribution in [0.1, 0.15) is 26.2 Å². The third-order valence-electron chi connectivity index (χ3n) is 3.01. The van der Waals surface area contributed by atoms with Gasteiger partial charge in [-0.05, 0) is 31.9 Å². The molecule has 0 amide bonds. The van der Waals surface area contributed by atoms with Crippen molar-refractivity contribution in [2.24, 2.45) is 0 Å². The molecule has 0 spiro atoms. The Morgan fingerprint density at radius 3 is 3.00 bits per heavy atom. The van der Waals surface area contributed by atoms with E-state index in [1.54, 1.807) is 0 Å². The fourth-order valence-corrected chi connectivity index (χ4v) is 3.30. The smallest absolute Gasteiger partial charge is 0.0700 e. The monoisotopic (exact) mass is 201 g/mol. The number of hydrogen-bond acceptors (Lipinski definition) is 3. The fraction of sp³-hybridized carbons (Fsp3) is 1.00. The van der Waals surface area contributed by atoms with Crippen molar-refractivity contribution in [1.29, 1.82) is 0 Å². The summed E-state index contributed by atoms with van der Waals surface area (Å²) in [7, 11) is 0. The van der Waals surface area contributed by atoms with E-state index in [1.807, 2.05) is 0 Å². The average molecular weight is 201 g/mol. The predicted molar refractivity (Wildman–Crippen MR) is 57.3 cm³/mol. The van der Waals surface area contributed by atoms with Crippen LogP contribution in [0.15, 0.2) is 0 Å². The Kier molecular flexibility index (Phi) is 3.52. The van der Waals surface area contributed by atoms with Crippen LogP contribution in [-0.4, -0.2) is 36.3 Å². The van der Waals surface area contributed by atoms with Crippen LogP contribution < -0.4 is 5.32 Å². The molecule has 2 nitrogen and oxygen atoms in total. The first-order valence-electron chi connectivity index (χ1n) is 5.33. The molecule has 0 radical (unpaired) electrons. The van der Waals surface area contributed by atoms with Crippen molar-refractivity contribution in [2.45, 2.75) is 43.6 Å². The fourth-order valence-electron chi connectivity index (χ4n) is 2.09. The lowest BCUT2D eigenvalue weighted by Crippen LogP contribution is -2.38. The number of rotatable bonds is 3. The maximum atomic E-state index is 5.51. The van der Waals surface area contributed by atoms with Gasteiger partial charge in [0.1, 0.15) is 0 Å². The zero-order valence-corrected chi connectivity index (χ0v) is 9.11. The highest BCUT2D eigenvalue weighted by molar-refractivity contribution is 8.00. The summed E-state index contributed by atoms with van der Waals surface area (Å²) in [6, 6.07) is 0.612. The van der Waals surface area contributed by atoms with Crippen molar-refractivity contribution in [2.75, 3.05) is 18.9 Å². The van der Waals surface area contributed by atoms with Crippen LogP contribution in [-0.2, 0) is 4.74 Å². The van der Waals surface area contributed by atoms with Gasteiger partial charge in [-0.25, -0.2) is 0 Å². The molecule has 0 aromatic heterocycles. The summed E-state index contributed by atoms with van der Waals surface area (Å²) in [6.45, 7) is 4.30. The summed E-state index contributed by atoms with van der Waals surface area (Å²) in [4.78, 5) is 0. The zero-order chi connectivity index (χ0) is 9.10. The molecule has 0 aromatic carbocycles. The topological polar surface area (TPSA) is 21.3 Å². The minimum Gasteiger partial charge on any atom is -0.377 e. The van der Waals surface area contributed by atoms with Crippen molar-refractivity contribution < 1.29 is 4.74 Å². The molecule has 3 unspecified atom stereocenters. The van der Waals surface area contributed by atoms with Crippen LogP contribution in [0.5, 0.6) is 0 Å². The Hall–Kier alpha value is 0.270. The third kappa shape index (κ3) is 2.61. The number of nitrogens with one attached hydrogen (secondary N) is 1. The highest BCUT2D eigenvalue weighted by Gasteiger charge is 2.25. The summed E-state index contributed by atoms with van der Waals surface area (Å²) >= 11 is 2.12. The molecule has 1 N–H and O–H groups in total. The molecule has 2 aliphatic rings. The Balaban J connectivity index is 1.66. The summed E-state index contributed by atoms with van der Waals surface area (Å²) in [6.07, 6.45) is 4.43. The summed E-state index contributed by atoms with van der Waals surface area (Å²) in [5.74, 6) is 1.36. The second-order valence-corrected chi connectivity index (χ2v) is 5.42. The van der Waals surface area contributed by atoms with Gasteiger partial charge in [-0.2, -0.15) is 11.8 Å². The van der Waals surface area contributed by atoms with E-state index in [4.69, 9.17) is 4.74 Å². The van der Waals surface area contributed by atoms with Crippen molar-refractivity contribution >= 4 is 11.8 Å². The van der Waals surface area contributed by atoms with Crippen LogP contribution in [0.2, 0.25) is 0 Å². The van der Waals surface area contributed by atoms with E-state index in [1.165, 1.54) is 31.6 Å². The second-order valence-electron chi connectivity index (χ2n) is 4.01. The quantitative estimate of drug-likeness (QED) is 0.750. The minimum atomic E-state index is 0.423. The van der Waals surface area contributed by atoms with Crippen LogP contribution in [0.25, 0.3) is 0 Å². The molecule has 2 heterocycles. The van der Waals surface area contributed by atoms with E-state index in [9.17, 15) is 0 Å². The predicted octanol–water partition coefficient (Wildman–Crippen LogP) is 1.65. The van der Waals surface area contributed by atoms with Gasteiger partial charge in [-0.3, -0.25) is 0 Å². The van der Waals surface area contributed by atoms with Gasteiger partial charge in [0.05, 0.1) is 6.10 Å². The third-order valence-corrected chi connectivity index (χ3v) is 4.41. The van der Waals surface area contributed by atoms with Gasteiger partial charge < -0.3 is 10.1 Å². The highest BCUT2D eigenvalue weighted by Crippen LogP contribution is 2.25. The van der Waals surface area contributed by atoms with E-state index in [0.29, 0.717) is 12.1 Å². The molecule has 2 fully saturated rings. The van der Waals surface area contributed by atoms with E-state index in [-0.39, 0.29) is 0 Å². The van der Waals surface area contributed by atoms with Crippen LogP contribution in [0, 0.1) is 0 Å². The molecule has 2 saturated heterocycles. The van der Waals surface area contributed by atoms with E-state index in [2.05, 4.69) is 24.0 Å².